The van der Waals surface area contributed by atoms with E-state index in [-0.39, 0.29) is 24.7 Å². The van der Waals surface area contributed by atoms with Crippen molar-refractivity contribution in [2.75, 3.05) is 0 Å². The second-order valence-corrected chi connectivity index (χ2v) is 13.0. The maximum absolute atomic E-state index is 14.1. The Balaban J connectivity index is 1.59. The predicted octanol–water partition coefficient (Wildman–Crippen LogP) is 8.70. The SMILES string of the molecule is CCc1ccc(COc2ccc3c(c2)c(C(=O)CC(C)CC)c(CC(C)(C)C(=O)O)n3Cc2ccc(-c3ccc(F)cn3)cc2)nc1. The van der Waals surface area contributed by atoms with Crippen LogP contribution >= 0.6 is 0 Å². The summed E-state index contributed by atoms with van der Waals surface area (Å²) in [7, 11) is 0. The first kappa shape index (κ1) is 33.5. The number of Topliss-reactive ketones (excluding diaryl/α,β-unsaturated/α-hetero) is 1. The van der Waals surface area contributed by atoms with Crippen LogP contribution in [0.4, 0.5) is 4.39 Å². The highest BCUT2D eigenvalue weighted by atomic mass is 19.1. The van der Waals surface area contributed by atoms with Crippen LogP contribution < -0.4 is 4.74 Å². The summed E-state index contributed by atoms with van der Waals surface area (Å²) in [6.07, 6.45) is 5.33. The minimum absolute atomic E-state index is 0.00834. The molecule has 0 fully saturated rings. The summed E-state index contributed by atoms with van der Waals surface area (Å²) in [6.45, 7) is 10.3. The molecule has 3 aromatic heterocycles. The standard InChI is InChI=1S/C39H42FN3O4/c1-6-25(3)18-36(44)37-32-19-31(47-24-30-14-10-26(7-2)21-41-30)15-17-34(32)43(35(37)20-39(4,5)38(45)46)23-27-8-11-28(12-9-27)33-16-13-29(40)22-42-33/h8-17,19,21-22,25H,6-7,18,20,23-24H2,1-5H3,(H,45,46). The highest BCUT2D eigenvalue weighted by molar-refractivity contribution is 6.10. The highest BCUT2D eigenvalue weighted by Gasteiger charge is 2.33. The van der Waals surface area contributed by atoms with E-state index in [1.807, 2.05) is 60.8 Å². The van der Waals surface area contributed by atoms with E-state index >= 15 is 0 Å². The Morgan fingerprint density at radius 3 is 2.32 bits per heavy atom. The van der Waals surface area contributed by atoms with E-state index in [0.29, 0.717) is 35.7 Å². The molecule has 0 bridgehead atoms. The number of hydrogen-bond donors (Lipinski definition) is 1. The fraction of sp³-hybridized carbons (Fsp3) is 0.333. The van der Waals surface area contributed by atoms with Crippen molar-refractivity contribution < 1.29 is 23.8 Å². The molecule has 0 spiro atoms. The summed E-state index contributed by atoms with van der Waals surface area (Å²) in [6, 6.07) is 20.6. The number of carbonyl (C=O) groups is 2. The van der Waals surface area contributed by atoms with Crippen LogP contribution in [0, 0.1) is 17.2 Å². The zero-order chi connectivity index (χ0) is 33.7. The lowest BCUT2D eigenvalue weighted by Gasteiger charge is -2.22. The van der Waals surface area contributed by atoms with Crippen LogP contribution in [0.15, 0.2) is 79.1 Å². The molecule has 3 heterocycles. The molecule has 0 aliphatic heterocycles. The highest BCUT2D eigenvalue weighted by Crippen LogP contribution is 2.36. The Hall–Kier alpha value is -4.85. The van der Waals surface area contributed by atoms with Gasteiger partial charge in [-0.15, -0.1) is 0 Å². The van der Waals surface area contributed by atoms with Crippen molar-refractivity contribution in [3.8, 4) is 17.0 Å². The normalized spacial score (nSPS) is 12.3. The average Bonchev–Trinajstić information content (AvgIpc) is 3.35. The van der Waals surface area contributed by atoms with Gasteiger partial charge in [0.05, 0.1) is 23.0 Å². The number of aryl methyl sites for hydroxylation is 1. The van der Waals surface area contributed by atoms with Gasteiger partial charge >= 0.3 is 5.97 Å². The van der Waals surface area contributed by atoms with Gasteiger partial charge in [0, 0.05) is 53.3 Å². The monoisotopic (exact) mass is 635 g/mol. The molecule has 0 amide bonds. The number of ether oxygens (including phenoxy) is 1. The topological polar surface area (TPSA) is 94.3 Å². The summed E-state index contributed by atoms with van der Waals surface area (Å²) in [5, 5.41) is 10.9. The predicted molar refractivity (Wildman–Crippen MR) is 182 cm³/mol. The smallest absolute Gasteiger partial charge is 0.309 e. The number of pyridine rings is 2. The van der Waals surface area contributed by atoms with E-state index < -0.39 is 17.2 Å². The van der Waals surface area contributed by atoms with Crippen molar-refractivity contribution in [3.05, 3.63) is 113 Å². The average molecular weight is 636 g/mol. The van der Waals surface area contributed by atoms with Crippen LogP contribution in [0.3, 0.4) is 0 Å². The van der Waals surface area contributed by atoms with Gasteiger partial charge in [-0.3, -0.25) is 19.6 Å². The molecule has 5 rings (SSSR count). The van der Waals surface area contributed by atoms with E-state index in [9.17, 15) is 19.1 Å². The lowest BCUT2D eigenvalue weighted by Crippen LogP contribution is -2.28. The lowest BCUT2D eigenvalue weighted by molar-refractivity contribution is -0.146. The van der Waals surface area contributed by atoms with Gasteiger partial charge in [-0.05, 0) is 73.7 Å². The van der Waals surface area contributed by atoms with Crippen molar-refractivity contribution in [2.45, 2.75) is 73.5 Å². The van der Waals surface area contributed by atoms with E-state index in [4.69, 9.17) is 4.74 Å². The van der Waals surface area contributed by atoms with E-state index in [2.05, 4.69) is 35.3 Å². The number of halogens is 1. The summed E-state index contributed by atoms with van der Waals surface area (Å²) in [4.78, 5) is 35.2. The van der Waals surface area contributed by atoms with Crippen molar-refractivity contribution in [2.24, 2.45) is 11.3 Å². The Kier molecular flexibility index (Phi) is 10.2. The van der Waals surface area contributed by atoms with Crippen molar-refractivity contribution in [1.29, 1.82) is 0 Å². The molecule has 1 N–H and O–H groups in total. The number of carbonyl (C=O) groups excluding carboxylic acids is 1. The number of aromatic nitrogens is 3. The lowest BCUT2D eigenvalue weighted by atomic mass is 9.85. The molecule has 1 atom stereocenters. The minimum Gasteiger partial charge on any atom is -0.487 e. The van der Waals surface area contributed by atoms with Gasteiger partial charge in [-0.1, -0.05) is 57.5 Å². The number of nitrogens with zero attached hydrogens (tertiary/aromatic N) is 3. The molecule has 1 unspecified atom stereocenters. The summed E-state index contributed by atoms with van der Waals surface area (Å²) < 4.78 is 21.7. The maximum Gasteiger partial charge on any atom is 0.309 e. The zero-order valence-electron chi connectivity index (χ0n) is 27.7. The number of fused-ring (bicyclic) bond motifs is 1. The van der Waals surface area contributed by atoms with Gasteiger partial charge in [-0.25, -0.2) is 4.39 Å². The Morgan fingerprint density at radius 1 is 0.957 bits per heavy atom. The third-order valence-electron chi connectivity index (χ3n) is 8.84. The van der Waals surface area contributed by atoms with Crippen molar-refractivity contribution in [1.82, 2.24) is 14.5 Å². The quantitative estimate of drug-likeness (QED) is 0.123. The molecule has 47 heavy (non-hydrogen) atoms. The molecular weight excluding hydrogens is 593 g/mol. The number of hydrogen-bond acceptors (Lipinski definition) is 5. The molecular formula is C39H42FN3O4. The summed E-state index contributed by atoms with van der Waals surface area (Å²) >= 11 is 0. The molecule has 5 aromatic rings. The molecule has 0 saturated carbocycles. The van der Waals surface area contributed by atoms with Crippen LogP contribution in [0.1, 0.15) is 80.3 Å². The first-order valence-corrected chi connectivity index (χ1v) is 16.2. The second-order valence-electron chi connectivity index (χ2n) is 13.0. The minimum atomic E-state index is -1.12. The third kappa shape index (κ3) is 7.76. The Bertz CT molecular complexity index is 1860. The fourth-order valence-corrected chi connectivity index (χ4v) is 5.63. The van der Waals surface area contributed by atoms with Gasteiger partial charge < -0.3 is 14.4 Å². The number of benzene rings is 2. The van der Waals surface area contributed by atoms with Crippen molar-refractivity contribution in [3.63, 3.8) is 0 Å². The number of aliphatic carboxylic acids is 1. The Morgan fingerprint density at radius 2 is 1.70 bits per heavy atom. The molecule has 2 aromatic carbocycles. The molecule has 7 nitrogen and oxygen atoms in total. The second kappa shape index (κ2) is 14.3. The Labute approximate surface area is 275 Å². The number of carboxylic acid groups (broad SMARTS) is 1. The van der Waals surface area contributed by atoms with Crippen molar-refractivity contribution >= 4 is 22.7 Å². The van der Waals surface area contributed by atoms with Gasteiger partial charge in [0.25, 0.3) is 0 Å². The van der Waals surface area contributed by atoms with Crippen LogP contribution in [0.25, 0.3) is 22.2 Å². The number of rotatable bonds is 14. The molecule has 0 saturated heterocycles. The van der Waals surface area contributed by atoms with E-state index in [1.54, 1.807) is 19.9 Å². The van der Waals surface area contributed by atoms with Gasteiger partial charge in [0.1, 0.15) is 18.2 Å². The molecule has 8 heteroatoms. The first-order valence-electron chi connectivity index (χ1n) is 16.2. The molecule has 0 aliphatic carbocycles. The number of carboxylic acids is 1. The largest absolute Gasteiger partial charge is 0.487 e. The molecule has 0 aliphatic rings. The summed E-state index contributed by atoms with van der Waals surface area (Å²) in [5.74, 6) is -0.558. The molecule has 0 radical (unpaired) electrons. The summed E-state index contributed by atoms with van der Waals surface area (Å²) in [5.41, 5.74) is 5.39. The van der Waals surface area contributed by atoms with E-state index in [1.165, 1.54) is 12.3 Å². The first-order chi connectivity index (χ1) is 22.5. The van der Waals surface area contributed by atoms with E-state index in [0.717, 1.165) is 46.1 Å². The van der Waals surface area contributed by atoms with Crippen LogP contribution in [-0.4, -0.2) is 31.4 Å². The van der Waals surface area contributed by atoms with Crippen LogP contribution in [-0.2, 0) is 30.8 Å². The van der Waals surface area contributed by atoms with Gasteiger partial charge in [0.2, 0.25) is 0 Å². The number of ketones is 1. The maximum atomic E-state index is 14.1. The third-order valence-corrected chi connectivity index (χ3v) is 8.84. The van der Waals surface area contributed by atoms with Crippen LogP contribution in [0.5, 0.6) is 5.75 Å². The van der Waals surface area contributed by atoms with Crippen LogP contribution in [0.2, 0.25) is 0 Å². The van der Waals surface area contributed by atoms with Gasteiger partial charge in [-0.2, -0.15) is 0 Å². The fourth-order valence-electron chi connectivity index (χ4n) is 5.63. The molecule has 244 valence electrons. The van der Waals surface area contributed by atoms with Gasteiger partial charge in [0.15, 0.2) is 5.78 Å². The zero-order valence-corrected chi connectivity index (χ0v) is 27.7.